The van der Waals surface area contributed by atoms with Crippen LogP contribution in [0.5, 0.6) is 0 Å². The van der Waals surface area contributed by atoms with Gasteiger partial charge in [-0.15, -0.1) is 0 Å². The molecule has 0 heterocycles. The molecule has 178 valence electrons. The van der Waals surface area contributed by atoms with E-state index in [9.17, 15) is 14.4 Å². The highest BCUT2D eigenvalue weighted by molar-refractivity contribution is 5.89. The number of carbonyl (C=O) groups excluding carboxylic acids is 3. The summed E-state index contributed by atoms with van der Waals surface area (Å²) in [7, 11) is 0. The van der Waals surface area contributed by atoms with Crippen LogP contribution in [0.4, 0.5) is 0 Å². The van der Waals surface area contributed by atoms with Crippen LogP contribution in [-0.4, -0.2) is 37.2 Å². The van der Waals surface area contributed by atoms with Crippen LogP contribution in [0, 0.1) is 46.3 Å². The number of ether oxygens (including phenoxy) is 3. The van der Waals surface area contributed by atoms with Crippen LogP contribution in [0.25, 0.3) is 0 Å². The van der Waals surface area contributed by atoms with Crippen LogP contribution in [-0.2, 0) is 28.6 Å². The van der Waals surface area contributed by atoms with E-state index in [2.05, 4.69) is 0 Å². The first-order valence-electron chi connectivity index (χ1n) is 12.7. The lowest BCUT2D eigenvalue weighted by atomic mass is 9.49. The minimum atomic E-state index is -0.463. The van der Waals surface area contributed by atoms with E-state index < -0.39 is 5.41 Å². The zero-order chi connectivity index (χ0) is 22.7. The van der Waals surface area contributed by atoms with Crippen LogP contribution in [0.15, 0.2) is 0 Å². The molecular formula is C26H38O6. The fraction of sp³-hybridized carbons (Fsp3) is 0.885. The predicted octanol–water partition coefficient (Wildman–Crippen LogP) is 4.29. The third kappa shape index (κ3) is 3.80. The molecule has 32 heavy (non-hydrogen) atoms. The number of hydrogen-bond donors (Lipinski definition) is 0. The first-order chi connectivity index (χ1) is 15.2. The van der Waals surface area contributed by atoms with Crippen LogP contribution in [0.3, 0.4) is 0 Å². The molecule has 0 aromatic heterocycles. The monoisotopic (exact) mass is 446 g/mol. The summed E-state index contributed by atoms with van der Waals surface area (Å²) >= 11 is 0. The van der Waals surface area contributed by atoms with Crippen molar-refractivity contribution in [2.24, 2.45) is 46.3 Å². The van der Waals surface area contributed by atoms with Crippen LogP contribution in [0.2, 0.25) is 0 Å². The van der Waals surface area contributed by atoms with Crippen molar-refractivity contribution in [3.05, 3.63) is 0 Å². The molecule has 6 fully saturated rings. The van der Waals surface area contributed by atoms with Gasteiger partial charge in [0.25, 0.3) is 0 Å². The predicted molar refractivity (Wildman–Crippen MR) is 116 cm³/mol. The first-order valence-corrected chi connectivity index (χ1v) is 12.7. The van der Waals surface area contributed by atoms with Gasteiger partial charge in [0.15, 0.2) is 6.79 Å². The average Bonchev–Trinajstić information content (AvgIpc) is 3.35. The van der Waals surface area contributed by atoms with Gasteiger partial charge < -0.3 is 14.2 Å². The number of esters is 2. The van der Waals surface area contributed by atoms with Gasteiger partial charge in [-0.1, -0.05) is 6.92 Å². The molecule has 0 aliphatic heterocycles. The summed E-state index contributed by atoms with van der Waals surface area (Å²) in [6.07, 6.45) is 8.40. The maximum atomic E-state index is 12.9. The van der Waals surface area contributed by atoms with E-state index >= 15 is 0 Å². The molecule has 0 aromatic carbocycles. The third-order valence-corrected chi connectivity index (χ3v) is 9.61. The fourth-order valence-electron chi connectivity index (χ4n) is 7.66. The van der Waals surface area contributed by atoms with Crippen molar-refractivity contribution < 1.29 is 28.6 Å². The van der Waals surface area contributed by atoms with E-state index in [4.69, 9.17) is 14.2 Å². The molecule has 6 saturated carbocycles. The lowest BCUT2D eigenvalue weighted by Crippen LogP contribution is -2.55. The summed E-state index contributed by atoms with van der Waals surface area (Å²) in [4.78, 5) is 38.0. The third-order valence-electron chi connectivity index (χ3n) is 9.61. The van der Waals surface area contributed by atoms with Crippen molar-refractivity contribution in [2.45, 2.75) is 84.7 Å². The molecule has 6 rings (SSSR count). The second kappa shape index (κ2) is 8.11. The second-order valence-corrected chi connectivity index (χ2v) is 12.1. The summed E-state index contributed by atoms with van der Waals surface area (Å²) in [5.41, 5.74) is -0.785. The summed E-state index contributed by atoms with van der Waals surface area (Å²) in [6.45, 7) is 6.16. The van der Waals surface area contributed by atoms with Gasteiger partial charge in [-0.3, -0.25) is 14.4 Å². The molecule has 6 aliphatic carbocycles. The number of ketones is 1. The minimum Gasteiger partial charge on any atom is -0.462 e. The van der Waals surface area contributed by atoms with Gasteiger partial charge in [-0.2, -0.15) is 0 Å². The SMILES string of the molecule is CCC(C)(C)C(=O)OC1CC2CC1CC2C(=O)OCOCC12CC3CC(CC(C3)C1=O)C2. The van der Waals surface area contributed by atoms with Crippen LogP contribution < -0.4 is 0 Å². The molecule has 0 N–H and O–H groups in total. The maximum absolute atomic E-state index is 12.9. The second-order valence-electron chi connectivity index (χ2n) is 12.1. The van der Waals surface area contributed by atoms with Crippen molar-refractivity contribution in [1.29, 1.82) is 0 Å². The van der Waals surface area contributed by atoms with Crippen molar-refractivity contribution in [3.63, 3.8) is 0 Å². The van der Waals surface area contributed by atoms with Crippen molar-refractivity contribution in [1.82, 2.24) is 0 Å². The lowest BCUT2D eigenvalue weighted by Gasteiger charge is -2.55. The highest BCUT2D eigenvalue weighted by atomic mass is 16.7. The van der Waals surface area contributed by atoms with Crippen molar-refractivity contribution in [3.8, 4) is 0 Å². The lowest BCUT2D eigenvalue weighted by molar-refractivity contribution is -0.177. The fourth-order valence-corrected chi connectivity index (χ4v) is 7.66. The molecule has 6 nitrogen and oxygen atoms in total. The Morgan fingerprint density at radius 3 is 2.34 bits per heavy atom. The molecule has 6 unspecified atom stereocenters. The summed E-state index contributed by atoms with van der Waals surface area (Å²) in [6, 6.07) is 0. The Bertz CT molecular complexity index is 773. The van der Waals surface area contributed by atoms with E-state index in [0.29, 0.717) is 24.2 Å². The van der Waals surface area contributed by atoms with Gasteiger partial charge in [0.1, 0.15) is 11.9 Å². The van der Waals surface area contributed by atoms with Gasteiger partial charge in [0.05, 0.1) is 23.4 Å². The Labute approximate surface area is 191 Å². The van der Waals surface area contributed by atoms with Crippen molar-refractivity contribution in [2.75, 3.05) is 13.4 Å². The molecule has 0 aromatic rings. The number of carbonyl (C=O) groups is 3. The van der Waals surface area contributed by atoms with E-state index in [0.717, 1.165) is 51.4 Å². The van der Waals surface area contributed by atoms with E-state index in [1.54, 1.807) is 0 Å². The topological polar surface area (TPSA) is 78.9 Å². The van der Waals surface area contributed by atoms with Gasteiger partial charge in [0, 0.05) is 5.92 Å². The zero-order valence-corrected chi connectivity index (χ0v) is 19.8. The number of fused-ring (bicyclic) bond motifs is 2. The summed E-state index contributed by atoms with van der Waals surface area (Å²) in [5, 5.41) is 0. The van der Waals surface area contributed by atoms with Gasteiger partial charge >= 0.3 is 11.9 Å². The highest BCUT2D eigenvalue weighted by Gasteiger charge is 2.57. The van der Waals surface area contributed by atoms with Gasteiger partial charge in [-0.25, -0.2) is 0 Å². The molecule has 0 amide bonds. The maximum Gasteiger partial charge on any atom is 0.311 e. The highest BCUT2D eigenvalue weighted by Crippen LogP contribution is 2.58. The number of Topliss-reactive ketones (excluding diaryl/α,β-unsaturated/α-hetero) is 1. The molecule has 6 atom stereocenters. The summed E-state index contributed by atoms with van der Waals surface area (Å²) in [5.74, 6) is 2.00. The summed E-state index contributed by atoms with van der Waals surface area (Å²) < 4.78 is 17.1. The molecule has 0 spiro atoms. The van der Waals surface area contributed by atoms with Gasteiger partial charge in [0.2, 0.25) is 0 Å². The Morgan fingerprint density at radius 1 is 1.00 bits per heavy atom. The molecule has 0 saturated heterocycles. The normalized spacial score (nSPS) is 41.8. The molecule has 0 radical (unpaired) electrons. The Balaban J connectivity index is 1.06. The number of rotatable bonds is 8. The molecule has 6 heteroatoms. The Kier molecular flexibility index (Phi) is 5.67. The first kappa shape index (κ1) is 22.4. The van der Waals surface area contributed by atoms with E-state index in [-0.39, 0.29) is 53.9 Å². The minimum absolute atomic E-state index is 0.0646. The zero-order valence-electron chi connectivity index (χ0n) is 19.8. The smallest absolute Gasteiger partial charge is 0.311 e. The Hall–Kier alpha value is -1.43. The Morgan fingerprint density at radius 2 is 1.72 bits per heavy atom. The quantitative estimate of drug-likeness (QED) is 0.314. The van der Waals surface area contributed by atoms with E-state index in [1.165, 1.54) is 6.42 Å². The largest absolute Gasteiger partial charge is 0.462 e. The average molecular weight is 447 g/mol. The molecule has 6 aliphatic rings. The van der Waals surface area contributed by atoms with Crippen LogP contribution in [0.1, 0.15) is 78.6 Å². The standard InChI is InChI=1S/C26H38O6/c1-4-25(2,3)24(29)32-21-10-17-8-18(21)9-20(17)23(28)31-14-30-13-26-11-15-5-16(12-26)7-19(6-15)22(26)27/h15-21H,4-14H2,1-3H3. The van der Waals surface area contributed by atoms with Gasteiger partial charge in [-0.05, 0) is 95.3 Å². The molecule has 6 bridgehead atoms. The van der Waals surface area contributed by atoms with Crippen LogP contribution >= 0.6 is 0 Å². The van der Waals surface area contributed by atoms with E-state index in [1.807, 2.05) is 20.8 Å². The van der Waals surface area contributed by atoms with Crippen molar-refractivity contribution >= 4 is 17.7 Å². The molecular weight excluding hydrogens is 408 g/mol. The number of hydrogen-bond acceptors (Lipinski definition) is 6.